The highest BCUT2D eigenvalue weighted by Crippen LogP contribution is 2.24. The van der Waals surface area contributed by atoms with Gasteiger partial charge in [0.2, 0.25) is 0 Å². The molecule has 0 bridgehead atoms. The minimum Gasteiger partial charge on any atom is -0.396 e. The molecule has 0 spiro atoms. The van der Waals surface area contributed by atoms with E-state index in [1.54, 1.807) is 6.07 Å². The van der Waals surface area contributed by atoms with E-state index < -0.39 is 0 Å². The highest BCUT2D eigenvalue weighted by atomic mass is 15.2. The Balaban J connectivity index is 2.33. The fourth-order valence-electron chi connectivity index (χ4n) is 1.98. The van der Waals surface area contributed by atoms with Gasteiger partial charge in [0, 0.05) is 12.6 Å². The fraction of sp³-hybridized carbons (Fsp3) is 0.455. The van der Waals surface area contributed by atoms with E-state index in [0.29, 0.717) is 17.4 Å². The predicted octanol–water partition coefficient (Wildman–Crippen LogP) is 1.52. The summed E-state index contributed by atoms with van der Waals surface area (Å²) in [5, 5.41) is 8.84. The lowest BCUT2D eigenvalue weighted by molar-refractivity contribution is 0.727. The first-order chi connectivity index (χ1) is 7.22. The van der Waals surface area contributed by atoms with Gasteiger partial charge in [-0.2, -0.15) is 5.26 Å². The zero-order chi connectivity index (χ0) is 10.8. The molecule has 0 radical (unpaired) electrons. The third-order valence-corrected chi connectivity index (χ3v) is 2.86. The Morgan fingerprint density at radius 3 is 3.00 bits per heavy atom. The molecular weight excluding hydrogens is 188 g/mol. The Morgan fingerprint density at radius 2 is 2.40 bits per heavy atom. The molecule has 1 aromatic heterocycles. The number of aromatic nitrogens is 1. The summed E-state index contributed by atoms with van der Waals surface area (Å²) in [4.78, 5) is 6.49. The minimum absolute atomic E-state index is 0.326. The van der Waals surface area contributed by atoms with Crippen molar-refractivity contribution < 1.29 is 0 Å². The summed E-state index contributed by atoms with van der Waals surface area (Å²) in [5.74, 6) is 0.866. The topological polar surface area (TPSA) is 65.9 Å². The maximum atomic E-state index is 8.84. The molecule has 4 heteroatoms. The van der Waals surface area contributed by atoms with E-state index in [1.807, 2.05) is 12.1 Å². The number of nitriles is 1. The van der Waals surface area contributed by atoms with Crippen molar-refractivity contribution in [3.05, 3.63) is 17.8 Å². The number of hydrogen-bond donors (Lipinski definition) is 1. The summed E-state index contributed by atoms with van der Waals surface area (Å²) in [6, 6.07) is 6.16. The zero-order valence-corrected chi connectivity index (χ0v) is 8.77. The number of pyridine rings is 1. The molecule has 2 heterocycles. The van der Waals surface area contributed by atoms with Crippen LogP contribution in [0.1, 0.15) is 25.5 Å². The Hall–Kier alpha value is -1.76. The van der Waals surface area contributed by atoms with Crippen LogP contribution in [0.15, 0.2) is 12.1 Å². The van der Waals surface area contributed by atoms with Crippen LogP contribution in [0.4, 0.5) is 11.5 Å². The van der Waals surface area contributed by atoms with Gasteiger partial charge in [0.05, 0.1) is 5.69 Å². The molecule has 1 aromatic rings. The first kappa shape index (κ1) is 9.78. The van der Waals surface area contributed by atoms with Gasteiger partial charge in [0.1, 0.15) is 11.9 Å². The van der Waals surface area contributed by atoms with Crippen LogP contribution in [0.25, 0.3) is 0 Å². The number of hydrogen-bond acceptors (Lipinski definition) is 4. The van der Waals surface area contributed by atoms with Crippen LogP contribution in [0, 0.1) is 11.3 Å². The van der Waals surface area contributed by atoms with Crippen LogP contribution in [-0.2, 0) is 0 Å². The van der Waals surface area contributed by atoms with Gasteiger partial charge in [0.15, 0.2) is 5.69 Å². The van der Waals surface area contributed by atoms with Gasteiger partial charge in [-0.15, -0.1) is 0 Å². The van der Waals surface area contributed by atoms with Crippen LogP contribution < -0.4 is 10.6 Å². The number of anilines is 2. The van der Waals surface area contributed by atoms with Crippen LogP contribution >= 0.6 is 0 Å². The van der Waals surface area contributed by atoms with Crippen molar-refractivity contribution in [2.24, 2.45) is 0 Å². The maximum Gasteiger partial charge on any atom is 0.165 e. The van der Waals surface area contributed by atoms with E-state index in [0.717, 1.165) is 12.4 Å². The van der Waals surface area contributed by atoms with Crippen LogP contribution in [0.2, 0.25) is 0 Å². The lowest BCUT2D eigenvalue weighted by Gasteiger charge is -2.22. The van der Waals surface area contributed by atoms with Gasteiger partial charge in [-0.3, -0.25) is 0 Å². The normalized spacial score (nSPS) is 20.3. The van der Waals surface area contributed by atoms with Crippen LogP contribution in [0.5, 0.6) is 0 Å². The largest absolute Gasteiger partial charge is 0.396 e. The van der Waals surface area contributed by atoms with E-state index in [4.69, 9.17) is 11.0 Å². The van der Waals surface area contributed by atoms with Crippen molar-refractivity contribution in [1.29, 1.82) is 5.26 Å². The Labute approximate surface area is 89.3 Å². The van der Waals surface area contributed by atoms with Gasteiger partial charge < -0.3 is 10.6 Å². The molecule has 4 nitrogen and oxygen atoms in total. The van der Waals surface area contributed by atoms with E-state index in [1.165, 1.54) is 12.8 Å². The highest BCUT2D eigenvalue weighted by molar-refractivity contribution is 5.55. The Bertz CT molecular complexity index is 408. The second kappa shape index (κ2) is 3.77. The second-order valence-electron chi connectivity index (χ2n) is 3.90. The molecule has 78 valence electrons. The summed E-state index contributed by atoms with van der Waals surface area (Å²) < 4.78 is 0. The lowest BCUT2D eigenvalue weighted by atomic mass is 10.2. The molecule has 2 rings (SSSR count). The molecule has 1 aliphatic heterocycles. The van der Waals surface area contributed by atoms with Gasteiger partial charge in [-0.25, -0.2) is 4.98 Å². The number of nitrogens with two attached hydrogens (primary N) is 1. The summed E-state index contributed by atoms with van der Waals surface area (Å²) in [7, 11) is 0. The lowest BCUT2D eigenvalue weighted by Crippen LogP contribution is -2.27. The Morgan fingerprint density at radius 1 is 1.60 bits per heavy atom. The van der Waals surface area contributed by atoms with Crippen molar-refractivity contribution in [3.8, 4) is 6.07 Å². The summed E-state index contributed by atoms with van der Waals surface area (Å²) in [6.45, 7) is 3.19. The molecule has 1 aliphatic rings. The smallest absolute Gasteiger partial charge is 0.165 e. The minimum atomic E-state index is 0.326. The molecular formula is C11H14N4. The Kier molecular flexibility index (Phi) is 2.46. The molecule has 1 unspecified atom stereocenters. The molecule has 1 saturated heterocycles. The van der Waals surface area contributed by atoms with E-state index in [-0.39, 0.29) is 0 Å². The van der Waals surface area contributed by atoms with Gasteiger partial charge in [-0.1, -0.05) is 0 Å². The average Bonchev–Trinajstić information content (AvgIpc) is 2.65. The molecule has 0 saturated carbocycles. The van der Waals surface area contributed by atoms with E-state index in [9.17, 15) is 0 Å². The quantitative estimate of drug-likeness (QED) is 0.749. The third kappa shape index (κ3) is 1.73. The zero-order valence-electron chi connectivity index (χ0n) is 8.77. The van der Waals surface area contributed by atoms with Crippen molar-refractivity contribution in [3.63, 3.8) is 0 Å². The van der Waals surface area contributed by atoms with Crippen molar-refractivity contribution in [2.75, 3.05) is 17.2 Å². The monoisotopic (exact) mass is 202 g/mol. The number of nitrogens with zero attached hydrogens (tertiary/aromatic N) is 3. The van der Waals surface area contributed by atoms with E-state index in [2.05, 4.69) is 16.8 Å². The molecule has 2 N–H and O–H groups in total. The second-order valence-corrected chi connectivity index (χ2v) is 3.90. The third-order valence-electron chi connectivity index (χ3n) is 2.86. The van der Waals surface area contributed by atoms with Crippen molar-refractivity contribution >= 4 is 11.5 Å². The van der Waals surface area contributed by atoms with Crippen LogP contribution in [0.3, 0.4) is 0 Å². The SMILES string of the molecule is CC1CCCN1c1ccc(N)c(C#N)n1. The molecule has 15 heavy (non-hydrogen) atoms. The van der Waals surface area contributed by atoms with Crippen molar-refractivity contribution in [1.82, 2.24) is 4.98 Å². The fourth-order valence-corrected chi connectivity index (χ4v) is 1.98. The molecule has 0 aromatic carbocycles. The van der Waals surface area contributed by atoms with Crippen LogP contribution in [-0.4, -0.2) is 17.6 Å². The molecule has 1 atom stereocenters. The van der Waals surface area contributed by atoms with Gasteiger partial charge in [-0.05, 0) is 31.9 Å². The van der Waals surface area contributed by atoms with Gasteiger partial charge >= 0.3 is 0 Å². The highest BCUT2D eigenvalue weighted by Gasteiger charge is 2.21. The van der Waals surface area contributed by atoms with Gasteiger partial charge in [0.25, 0.3) is 0 Å². The molecule has 0 aliphatic carbocycles. The maximum absolute atomic E-state index is 8.84. The number of rotatable bonds is 1. The van der Waals surface area contributed by atoms with E-state index >= 15 is 0 Å². The first-order valence-electron chi connectivity index (χ1n) is 5.15. The average molecular weight is 202 g/mol. The molecule has 1 fully saturated rings. The summed E-state index contributed by atoms with van der Waals surface area (Å²) in [5.41, 5.74) is 6.41. The number of nitrogen functional groups attached to an aromatic ring is 1. The summed E-state index contributed by atoms with van der Waals surface area (Å²) >= 11 is 0. The van der Waals surface area contributed by atoms with Crippen molar-refractivity contribution in [2.45, 2.75) is 25.8 Å². The summed E-state index contributed by atoms with van der Waals surface area (Å²) in [6.07, 6.45) is 2.38. The standard InChI is InChI=1S/C11H14N4/c1-8-3-2-6-15(8)11-5-4-9(13)10(7-12)14-11/h4-5,8H,2-3,6,13H2,1H3. The molecule has 0 amide bonds. The first-order valence-corrected chi connectivity index (χ1v) is 5.15. The predicted molar refractivity (Wildman–Crippen MR) is 59.4 cm³/mol.